The maximum atomic E-state index is 11.6. The minimum absolute atomic E-state index is 0.203. The highest BCUT2D eigenvalue weighted by Gasteiger charge is 2.61. The van der Waals surface area contributed by atoms with Crippen molar-refractivity contribution in [2.24, 2.45) is 46.3 Å². The molecular formula is C27H48O4. The van der Waals surface area contributed by atoms with Crippen molar-refractivity contribution in [1.29, 1.82) is 0 Å². The van der Waals surface area contributed by atoms with E-state index in [4.69, 9.17) is 5.11 Å². The lowest BCUT2D eigenvalue weighted by atomic mass is 9.45. The molecule has 3 N–H and O–H groups in total. The zero-order chi connectivity index (χ0) is 23.0. The van der Waals surface area contributed by atoms with E-state index in [1.165, 1.54) is 25.7 Å². The third-order valence-electron chi connectivity index (χ3n) is 10.5. The Morgan fingerprint density at radius 3 is 2.42 bits per heavy atom. The summed E-state index contributed by atoms with van der Waals surface area (Å²) < 4.78 is 0. The molecule has 0 aromatic rings. The van der Waals surface area contributed by atoms with Crippen molar-refractivity contribution in [2.45, 2.75) is 117 Å². The molecule has 1 unspecified atom stereocenters. The van der Waals surface area contributed by atoms with E-state index in [-0.39, 0.29) is 29.5 Å². The number of aliphatic hydroxyl groups is 2. The number of carboxylic acids is 1. The number of rotatable bonds is 9. The molecule has 3 aliphatic carbocycles. The second kappa shape index (κ2) is 9.71. The van der Waals surface area contributed by atoms with E-state index in [0.29, 0.717) is 35.5 Å². The van der Waals surface area contributed by atoms with Gasteiger partial charge in [-0.3, -0.25) is 4.79 Å². The van der Waals surface area contributed by atoms with Gasteiger partial charge in [-0.15, -0.1) is 0 Å². The van der Waals surface area contributed by atoms with Crippen molar-refractivity contribution in [1.82, 2.24) is 0 Å². The van der Waals surface area contributed by atoms with Crippen LogP contribution in [0.25, 0.3) is 0 Å². The Bertz CT molecular complexity index is 620. The van der Waals surface area contributed by atoms with Crippen molar-refractivity contribution in [3.8, 4) is 0 Å². The van der Waals surface area contributed by atoms with Crippen LogP contribution in [0.5, 0.6) is 0 Å². The quantitative estimate of drug-likeness (QED) is 0.421. The van der Waals surface area contributed by atoms with Crippen LogP contribution < -0.4 is 0 Å². The van der Waals surface area contributed by atoms with E-state index in [0.717, 1.165) is 38.5 Å². The lowest BCUT2D eigenvalue weighted by molar-refractivity contribution is -0.158. The minimum atomic E-state index is -0.686. The summed E-state index contributed by atoms with van der Waals surface area (Å²) in [6.45, 7) is 11.5. The Kier molecular flexibility index (Phi) is 7.84. The number of fused-ring (bicyclic) bond motifs is 3. The highest BCUT2D eigenvalue weighted by atomic mass is 16.4. The standard InChI is InChI=1S/C27H48O4/c1-6-18-16-26(4,14-12-19(28)7-2)21-13-15-27(5)20(17(3)8-11-23(29)30)9-10-22(27)24(21)25(18)31/h17-22,24-25,28,31H,6-16H2,1-5H3,(H,29,30)/t17?,18-,19+,20-,21+,22+,24-,25-,26+,27-/m1/s1. The predicted molar refractivity (Wildman–Crippen MR) is 125 cm³/mol. The van der Waals surface area contributed by atoms with Gasteiger partial charge in [0.05, 0.1) is 12.2 Å². The van der Waals surface area contributed by atoms with E-state index in [1.54, 1.807) is 0 Å². The Labute approximate surface area is 190 Å². The smallest absolute Gasteiger partial charge is 0.303 e. The zero-order valence-corrected chi connectivity index (χ0v) is 20.6. The summed E-state index contributed by atoms with van der Waals surface area (Å²) in [5.74, 6) is 2.11. The van der Waals surface area contributed by atoms with Crippen LogP contribution in [0.2, 0.25) is 0 Å². The molecule has 0 radical (unpaired) electrons. The molecule has 3 aliphatic rings. The predicted octanol–water partition coefficient (Wildman–Crippen LogP) is 5.89. The van der Waals surface area contributed by atoms with Gasteiger partial charge in [-0.1, -0.05) is 41.0 Å². The Morgan fingerprint density at radius 1 is 1.10 bits per heavy atom. The molecule has 0 amide bonds. The molecule has 31 heavy (non-hydrogen) atoms. The van der Waals surface area contributed by atoms with Crippen molar-refractivity contribution in [2.75, 3.05) is 0 Å². The average Bonchev–Trinajstić information content (AvgIpc) is 3.09. The first-order chi connectivity index (χ1) is 14.6. The number of carboxylic acid groups (broad SMARTS) is 1. The molecule has 0 aromatic carbocycles. The fraction of sp³-hybridized carbons (Fsp3) is 0.963. The molecular weight excluding hydrogens is 388 g/mol. The first-order valence-corrected chi connectivity index (χ1v) is 13.1. The number of aliphatic hydroxyl groups excluding tert-OH is 2. The van der Waals surface area contributed by atoms with Gasteiger partial charge in [0, 0.05) is 6.42 Å². The van der Waals surface area contributed by atoms with Crippen molar-refractivity contribution in [3.05, 3.63) is 0 Å². The molecule has 0 aromatic heterocycles. The van der Waals surface area contributed by atoms with E-state index < -0.39 is 5.97 Å². The third kappa shape index (κ3) is 4.71. The summed E-state index contributed by atoms with van der Waals surface area (Å²) in [6.07, 6.45) is 10.2. The lowest BCUT2D eigenvalue weighted by Gasteiger charge is -2.60. The number of hydrogen-bond donors (Lipinski definition) is 3. The first kappa shape index (κ1) is 25.0. The van der Waals surface area contributed by atoms with Gasteiger partial charge in [-0.2, -0.15) is 0 Å². The number of carbonyl (C=O) groups is 1. The highest BCUT2D eigenvalue weighted by Crippen LogP contribution is 2.67. The largest absolute Gasteiger partial charge is 0.481 e. The van der Waals surface area contributed by atoms with Crippen molar-refractivity contribution >= 4 is 5.97 Å². The summed E-state index contributed by atoms with van der Waals surface area (Å²) >= 11 is 0. The SMILES string of the molecule is CC[C@H](O)CC[C@@]1(C)C[C@@H](CC)[C@@H](O)[C@@H]2[C@@H]1CC[C@]1(C)[C@@H](C(C)CCC(=O)O)CC[C@@H]21. The maximum absolute atomic E-state index is 11.6. The molecule has 0 heterocycles. The Hall–Kier alpha value is -0.610. The van der Waals surface area contributed by atoms with Crippen LogP contribution in [0.1, 0.15) is 105 Å². The van der Waals surface area contributed by atoms with Crippen LogP contribution in [0.15, 0.2) is 0 Å². The molecule has 0 bridgehead atoms. The van der Waals surface area contributed by atoms with Gasteiger partial charge in [-0.25, -0.2) is 0 Å². The monoisotopic (exact) mass is 436 g/mol. The highest BCUT2D eigenvalue weighted by molar-refractivity contribution is 5.66. The first-order valence-electron chi connectivity index (χ1n) is 13.1. The van der Waals surface area contributed by atoms with Crippen LogP contribution in [0, 0.1) is 46.3 Å². The molecule has 3 rings (SSSR count). The summed E-state index contributed by atoms with van der Waals surface area (Å²) in [5, 5.41) is 31.0. The summed E-state index contributed by atoms with van der Waals surface area (Å²) in [5.41, 5.74) is 0.425. The third-order valence-corrected chi connectivity index (χ3v) is 10.5. The molecule has 0 spiro atoms. The van der Waals surface area contributed by atoms with E-state index >= 15 is 0 Å². The van der Waals surface area contributed by atoms with Crippen LogP contribution in [-0.4, -0.2) is 33.5 Å². The fourth-order valence-electron chi connectivity index (χ4n) is 8.57. The number of aliphatic carboxylic acids is 1. The molecule has 10 atom stereocenters. The number of hydrogen-bond acceptors (Lipinski definition) is 3. The topological polar surface area (TPSA) is 77.8 Å². The van der Waals surface area contributed by atoms with Gasteiger partial charge in [0.25, 0.3) is 0 Å². The van der Waals surface area contributed by atoms with E-state index in [2.05, 4.69) is 34.6 Å². The average molecular weight is 437 g/mol. The van der Waals surface area contributed by atoms with E-state index in [1.807, 2.05) is 0 Å². The second-order valence-electron chi connectivity index (χ2n) is 12.0. The van der Waals surface area contributed by atoms with Gasteiger partial charge in [0.2, 0.25) is 0 Å². The molecule has 3 saturated carbocycles. The maximum Gasteiger partial charge on any atom is 0.303 e. The molecule has 3 fully saturated rings. The Balaban J connectivity index is 1.83. The molecule has 0 saturated heterocycles. The summed E-state index contributed by atoms with van der Waals surface area (Å²) in [6, 6.07) is 0. The summed E-state index contributed by atoms with van der Waals surface area (Å²) in [4.78, 5) is 11.1. The van der Waals surface area contributed by atoms with E-state index in [9.17, 15) is 15.0 Å². The van der Waals surface area contributed by atoms with Gasteiger partial charge in [-0.05, 0) is 104 Å². The van der Waals surface area contributed by atoms with Gasteiger partial charge in [0.15, 0.2) is 0 Å². The van der Waals surface area contributed by atoms with Crippen LogP contribution >= 0.6 is 0 Å². The van der Waals surface area contributed by atoms with Gasteiger partial charge < -0.3 is 15.3 Å². The molecule has 4 nitrogen and oxygen atoms in total. The molecule has 0 aliphatic heterocycles. The summed E-state index contributed by atoms with van der Waals surface area (Å²) in [7, 11) is 0. The minimum Gasteiger partial charge on any atom is -0.481 e. The molecule has 180 valence electrons. The van der Waals surface area contributed by atoms with Gasteiger partial charge >= 0.3 is 5.97 Å². The van der Waals surface area contributed by atoms with Crippen LogP contribution in [0.4, 0.5) is 0 Å². The normalized spacial score (nSPS) is 44.4. The molecule has 4 heteroatoms. The fourth-order valence-corrected chi connectivity index (χ4v) is 8.57. The van der Waals surface area contributed by atoms with Crippen molar-refractivity contribution < 1.29 is 20.1 Å². The Morgan fingerprint density at radius 2 is 1.81 bits per heavy atom. The second-order valence-corrected chi connectivity index (χ2v) is 12.0. The van der Waals surface area contributed by atoms with Crippen LogP contribution in [0.3, 0.4) is 0 Å². The van der Waals surface area contributed by atoms with Crippen molar-refractivity contribution in [3.63, 3.8) is 0 Å². The van der Waals surface area contributed by atoms with Gasteiger partial charge in [0.1, 0.15) is 0 Å². The lowest BCUT2D eigenvalue weighted by Crippen LogP contribution is -2.57. The van der Waals surface area contributed by atoms with Crippen LogP contribution in [-0.2, 0) is 4.79 Å². The zero-order valence-electron chi connectivity index (χ0n) is 20.6.